The number of benzene rings is 3. The molecule has 4 rings (SSSR count). The van der Waals surface area contributed by atoms with Gasteiger partial charge >= 0.3 is 0 Å². The lowest BCUT2D eigenvalue weighted by atomic mass is 10.1. The van der Waals surface area contributed by atoms with Crippen molar-refractivity contribution >= 4 is 44.9 Å². The van der Waals surface area contributed by atoms with Gasteiger partial charge in [-0.05, 0) is 81.3 Å². The van der Waals surface area contributed by atoms with Crippen LogP contribution in [-0.2, 0) is 11.4 Å². The minimum atomic E-state index is -0.403. The summed E-state index contributed by atoms with van der Waals surface area (Å²) in [4.78, 5) is 26.9. The average molecular weight is 588 g/mol. The zero-order valence-electron chi connectivity index (χ0n) is 20.0. The summed E-state index contributed by atoms with van der Waals surface area (Å²) in [5.41, 5.74) is 1.30. The van der Waals surface area contributed by atoms with E-state index < -0.39 is 5.91 Å². The van der Waals surface area contributed by atoms with Crippen molar-refractivity contribution in [2.75, 3.05) is 27.4 Å². The van der Waals surface area contributed by atoms with Crippen LogP contribution in [0.25, 0.3) is 6.08 Å². The molecule has 1 heterocycles. The summed E-state index contributed by atoms with van der Waals surface area (Å²) in [5, 5.41) is -0.374. The molecule has 0 spiro atoms. The van der Waals surface area contributed by atoms with Gasteiger partial charge in [-0.25, -0.2) is 4.39 Å². The van der Waals surface area contributed by atoms with Crippen LogP contribution in [0.15, 0.2) is 70.0 Å². The number of para-hydroxylation sites is 2. The molecule has 1 saturated heterocycles. The highest BCUT2D eigenvalue weighted by molar-refractivity contribution is 9.10. The number of amides is 2. The fourth-order valence-corrected chi connectivity index (χ4v) is 5.01. The number of hydrogen-bond acceptors (Lipinski definition) is 7. The third kappa shape index (κ3) is 6.44. The maximum Gasteiger partial charge on any atom is 0.293 e. The van der Waals surface area contributed by atoms with Gasteiger partial charge in [0, 0.05) is 0 Å². The number of methoxy groups -OCH3 is 2. The lowest BCUT2D eigenvalue weighted by molar-refractivity contribution is -0.123. The lowest BCUT2D eigenvalue weighted by Crippen LogP contribution is -2.32. The first-order chi connectivity index (χ1) is 17.9. The number of rotatable bonds is 10. The number of carbonyl (C=O) groups excluding carboxylic acids is 2. The molecule has 7 nitrogen and oxygen atoms in total. The SMILES string of the molecule is COc1ccccc1OCCN1C(=O)S/C(=C\c2cc(Br)c(OCc3cccc(F)c3)c(OC)c2)C1=O. The summed E-state index contributed by atoms with van der Waals surface area (Å²) >= 11 is 4.34. The van der Waals surface area contributed by atoms with E-state index in [2.05, 4.69) is 15.9 Å². The molecule has 3 aromatic carbocycles. The highest BCUT2D eigenvalue weighted by Crippen LogP contribution is 2.39. The number of nitrogens with zero attached hydrogens (tertiary/aromatic N) is 1. The Balaban J connectivity index is 1.44. The molecule has 0 unspecified atom stereocenters. The van der Waals surface area contributed by atoms with Crippen molar-refractivity contribution in [2.24, 2.45) is 0 Å². The molecule has 1 aliphatic rings. The molecule has 2 amide bonds. The van der Waals surface area contributed by atoms with Gasteiger partial charge in [0.05, 0.1) is 30.1 Å². The van der Waals surface area contributed by atoms with Gasteiger partial charge in [0.2, 0.25) is 0 Å². The van der Waals surface area contributed by atoms with Crippen molar-refractivity contribution in [3.63, 3.8) is 0 Å². The van der Waals surface area contributed by atoms with Crippen molar-refractivity contribution in [3.8, 4) is 23.0 Å². The number of halogens is 2. The second kappa shape index (κ2) is 12.2. The Hall–Kier alpha value is -3.50. The average Bonchev–Trinajstić information content (AvgIpc) is 3.15. The van der Waals surface area contributed by atoms with E-state index in [1.54, 1.807) is 49.6 Å². The van der Waals surface area contributed by atoms with E-state index in [1.807, 2.05) is 12.1 Å². The molecule has 10 heteroatoms. The Morgan fingerprint density at radius 1 is 0.946 bits per heavy atom. The first-order valence-electron chi connectivity index (χ1n) is 11.2. The van der Waals surface area contributed by atoms with Gasteiger partial charge in [0.1, 0.15) is 19.0 Å². The molecule has 0 atom stereocenters. The summed E-state index contributed by atoms with van der Waals surface area (Å²) in [7, 11) is 3.04. The van der Waals surface area contributed by atoms with Gasteiger partial charge in [-0.2, -0.15) is 0 Å². The molecule has 0 saturated carbocycles. The third-order valence-electron chi connectivity index (χ3n) is 5.34. The monoisotopic (exact) mass is 587 g/mol. The van der Waals surface area contributed by atoms with Gasteiger partial charge in [-0.15, -0.1) is 0 Å². The Morgan fingerprint density at radius 2 is 1.70 bits per heavy atom. The van der Waals surface area contributed by atoms with E-state index in [1.165, 1.54) is 19.2 Å². The summed E-state index contributed by atoms with van der Waals surface area (Å²) < 4.78 is 36.3. The Kier molecular flexibility index (Phi) is 8.73. The van der Waals surface area contributed by atoms with Crippen LogP contribution >= 0.6 is 27.7 Å². The minimum Gasteiger partial charge on any atom is -0.493 e. The Morgan fingerprint density at radius 3 is 2.43 bits per heavy atom. The van der Waals surface area contributed by atoms with Crippen LogP contribution in [-0.4, -0.2) is 43.4 Å². The molecule has 0 N–H and O–H groups in total. The van der Waals surface area contributed by atoms with E-state index in [4.69, 9.17) is 18.9 Å². The first kappa shape index (κ1) is 26.6. The normalized spacial score (nSPS) is 14.3. The van der Waals surface area contributed by atoms with Crippen molar-refractivity contribution in [1.29, 1.82) is 0 Å². The second-order valence-corrected chi connectivity index (χ2v) is 9.63. The predicted octanol–water partition coefficient (Wildman–Crippen LogP) is 6.30. The standard InChI is InChI=1S/C27H23BrFNO6S/c1-33-21-8-3-4-9-22(21)35-11-10-30-26(31)24(37-27(30)32)15-18-13-20(28)25(23(14-18)34-2)36-16-17-6-5-7-19(29)12-17/h3-9,12-15H,10-11,16H2,1-2H3/b24-15-. The molecule has 1 fully saturated rings. The zero-order valence-corrected chi connectivity index (χ0v) is 22.4. The first-order valence-corrected chi connectivity index (χ1v) is 12.8. The molecule has 0 bridgehead atoms. The molecule has 3 aromatic rings. The Bertz CT molecular complexity index is 1350. The number of carbonyl (C=O) groups is 2. The lowest BCUT2D eigenvalue weighted by Gasteiger charge is -2.15. The van der Waals surface area contributed by atoms with Crippen molar-refractivity contribution < 1.29 is 32.9 Å². The third-order valence-corrected chi connectivity index (χ3v) is 6.83. The molecule has 37 heavy (non-hydrogen) atoms. The molecule has 0 aromatic heterocycles. The summed E-state index contributed by atoms with van der Waals surface area (Å²) in [6.45, 7) is 0.365. The van der Waals surface area contributed by atoms with Crippen molar-refractivity contribution in [1.82, 2.24) is 4.90 Å². The van der Waals surface area contributed by atoms with Gasteiger partial charge in [-0.3, -0.25) is 14.5 Å². The van der Waals surface area contributed by atoms with E-state index in [-0.39, 0.29) is 35.7 Å². The quantitative estimate of drug-likeness (QED) is 0.258. The number of ether oxygens (including phenoxy) is 4. The summed E-state index contributed by atoms with van der Waals surface area (Å²) in [6, 6.07) is 16.7. The van der Waals surface area contributed by atoms with Gasteiger partial charge < -0.3 is 18.9 Å². The van der Waals surface area contributed by atoms with Crippen LogP contribution in [0.1, 0.15) is 11.1 Å². The Labute approximate surface area is 226 Å². The maximum absolute atomic E-state index is 13.5. The van der Waals surface area contributed by atoms with Crippen LogP contribution in [0.5, 0.6) is 23.0 Å². The van der Waals surface area contributed by atoms with Crippen LogP contribution in [0.2, 0.25) is 0 Å². The summed E-state index contributed by atoms with van der Waals surface area (Å²) in [5.74, 6) is 1.21. The highest BCUT2D eigenvalue weighted by Gasteiger charge is 2.35. The molecule has 0 aliphatic carbocycles. The van der Waals surface area contributed by atoms with Crippen LogP contribution in [0.3, 0.4) is 0 Å². The summed E-state index contributed by atoms with van der Waals surface area (Å²) in [6.07, 6.45) is 1.62. The van der Waals surface area contributed by atoms with E-state index in [0.717, 1.165) is 16.7 Å². The van der Waals surface area contributed by atoms with Crippen molar-refractivity contribution in [3.05, 3.63) is 87.0 Å². The van der Waals surface area contributed by atoms with Gasteiger partial charge in [0.15, 0.2) is 23.0 Å². The van der Waals surface area contributed by atoms with Crippen LogP contribution in [0.4, 0.5) is 9.18 Å². The van der Waals surface area contributed by atoms with E-state index in [0.29, 0.717) is 38.6 Å². The number of hydrogen-bond donors (Lipinski definition) is 0. The molecule has 1 aliphatic heterocycles. The molecule has 0 radical (unpaired) electrons. The van der Waals surface area contributed by atoms with Crippen LogP contribution in [0, 0.1) is 5.82 Å². The van der Waals surface area contributed by atoms with Crippen molar-refractivity contribution in [2.45, 2.75) is 6.61 Å². The second-order valence-electron chi connectivity index (χ2n) is 7.79. The van der Waals surface area contributed by atoms with Gasteiger partial charge in [0.25, 0.3) is 11.1 Å². The fraction of sp³-hybridized carbons (Fsp3) is 0.185. The van der Waals surface area contributed by atoms with E-state index >= 15 is 0 Å². The molecule has 192 valence electrons. The number of thioether (sulfide) groups is 1. The smallest absolute Gasteiger partial charge is 0.293 e. The van der Waals surface area contributed by atoms with E-state index in [9.17, 15) is 14.0 Å². The molecular weight excluding hydrogens is 565 g/mol. The maximum atomic E-state index is 13.5. The largest absolute Gasteiger partial charge is 0.493 e. The van der Waals surface area contributed by atoms with Gasteiger partial charge in [-0.1, -0.05) is 24.3 Å². The van der Waals surface area contributed by atoms with Crippen LogP contribution < -0.4 is 18.9 Å². The zero-order chi connectivity index (χ0) is 26.4. The minimum absolute atomic E-state index is 0.0972. The highest BCUT2D eigenvalue weighted by atomic mass is 79.9. The number of imide groups is 1. The molecular formula is C27H23BrFNO6S. The predicted molar refractivity (Wildman–Crippen MR) is 143 cm³/mol. The topological polar surface area (TPSA) is 74.3 Å². The fourth-order valence-electron chi connectivity index (χ4n) is 3.57.